The molecule has 1 aliphatic heterocycles. The lowest BCUT2D eigenvalue weighted by Gasteiger charge is -2.17. The summed E-state index contributed by atoms with van der Waals surface area (Å²) in [6.45, 7) is 1.63. The summed E-state index contributed by atoms with van der Waals surface area (Å²) in [7, 11) is 3.11. The van der Waals surface area contributed by atoms with E-state index < -0.39 is 17.2 Å². The molecule has 11 heteroatoms. The Balaban J connectivity index is 1.49. The molecule has 41 heavy (non-hydrogen) atoms. The quantitative estimate of drug-likeness (QED) is 0.204. The Bertz CT molecular complexity index is 1640. The minimum absolute atomic E-state index is 0.0331. The minimum atomic E-state index is -0.684. The Kier molecular flexibility index (Phi) is 9.27. The zero-order chi connectivity index (χ0) is 29.7. The topological polar surface area (TPSA) is 122 Å². The molecule has 3 aromatic rings. The summed E-state index contributed by atoms with van der Waals surface area (Å²) in [6.07, 6.45) is 1.98. The lowest BCUT2D eigenvalue weighted by Crippen LogP contribution is -2.30. The standard InChI is InChI=1S/C30H27N3O6S2/c1-18-23(16-31)27(35)33(17-20-8-12-22(39-3)13-9-20)29(37)26(18)24(34)5-4-14-32-28(36)25(41-30(32)40)15-19-6-10-21(38-2)11-7-19/h6-13,15,37H,4-5,14,17H2,1-3H3/b25-15-. The molecular weight excluding hydrogens is 562 g/mol. The van der Waals surface area contributed by atoms with E-state index in [2.05, 4.69) is 0 Å². The number of thiocarbonyl (C=S) groups is 1. The van der Waals surface area contributed by atoms with E-state index in [1.165, 1.54) is 30.7 Å². The molecule has 1 saturated heterocycles. The van der Waals surface area contributed by atoms with Gasteiger partial charge >= 0.3 is 0 Å². The number of hydrogen-bond acceptors (Lipinski definition) is 9. The van der Waals surface area contributed by atoms with Crippen LogP contribution in [0.15, 0.2) is 58.2 Å². The van der Waals surface area contributed by atoms with Crippen molar-refractivity contribution in [1.29, 1.82) is 5.26 Å². The van der Waals surface area contributed by atoms with Crippen LogP contribution in [0.4, 0.5) is 0 Å². The number of carbonyl (C=O) groups is 2. The van der Waals surface area contributed by atoms with Gasteiger partial charge in [-0.1, -0.05) is 48.2 Å². The van der Waals surface area contributed by atoms with Crippen LogP contribution in [-0.4, -0.2) is 51.3 Å². The van der Waals surface area contributed by atoms with Crippen molar-refractivity contribution in [2.24, 2.45) is 0 Å². The van der Waals surface area contributed by atoms with Gasteiger partial charge in [0.05, 0.1) is 31.2 Å². The molecular formula is C30H27N3O6S2. The minimum Gasteiger partial charge on any atom is -0.497 e. The van der Waals surface area contributed by atoms with Gasteiger partial charge in [-0.15, -0.1) is 0 Å². The molecule has 210 valence electrons. The smallest absolute Gasteiger partial charge is 0.271 e. The van der Waals surface area contributed by atoms with Gasteiger partial charge in [-0.05, 0) is 60.4 Å². The Hall–Kier alpha value is -4.40. The van der Waals surface area contributed by atoms with Gasteiger partial charge in [0.25, 0.3) is 11.5 Å². The van der Waals surface area contributed by atoms with Crippen LogP contribution < -0.4 is 15.0 Å². The number of benzene rings is 2. The predicted octanol–water partition coefficient (Wildman–Crippen LogP) is 4.66. The molecule has 1 amide bonds. The third kappa shape index (κ3) is 6.34. The monoisotopic (exact) mass is 589 g/mol. The van der Waals surface area contributed by atoms with Crippen molar-refractivity contribution >= 4 is 46.1 Å². The summed E-state index contributed by atoms with van der Waals surface area (Å²) in [4.78, 5) is 41.2. The van der Waals surface area contributed by atoms with Gasteiger partial charge in [-0.3, -0.25) is 23.9 Å². The van der Waals surface area contributed by atoms with Crippen molar-refractivity contribution < 1.29 is 24.2 Å². The van der Waals surface area contributed by atoms with Crippen LogP contribution >= 0.6 is 24.0 Å². The normalized spacial score (nSPS) is 13.9. The van der Waals surface area contributed by atoms with Gasteiger partial charge in [-0.25, -0.2) is 0 Å². The van der Waals surface area contributed by atoms with Gasteiger partial charge in [0.15, 0.2) is 5.78 Å². The van der Waals surface area contributed by atoms with E-state index in [4.69, 9.17) is 21.7 Å². The average molecular weight is 590 g/mol. The number of nitriles is 1. The first-order valence-corrected chi connectivity index (χ1v) is 13.8. The molecule has 9 nitrogen and oxygen atoms in total. The molecule has 4 rings (SSSR count). The second-order valence-corrected chi connectivity index (χ2v) is 10.9. The van der Waals surface area contributed by atoms with E-state index in [1.54, 1.807) is 49.6 Å². The van der Waals surface area contributed by atoms with Gasteiger partial charge < -0.3 is 14.6 Å². The third-order valence-corrected chi connectivity index (χ3v) is 8.03. The van der Waals surface area contributed by atoms with Gasteiger partial charge in [0, 0.05) is 13.0 Å². The average Bonchev–Trinajstić information content (AvgIpc) is 3.23. The van der Waals surface area contributed by atoms with E-state index >= 15 is 0 Å². The lowest BCUT2D eigenvalue weighted by molar-refractivity contribution is -0.122. The summed E-state index contributed by atoms with van der Waals surface area (Å²) in [6, 6.07) is 16.0. The zero-order valence-corrected chi connectivity index (χ0v) is 24.3. The molecule has 0 radical (unpaired) electrons. The predicted molar refractivity (Wildman–Crippen MR) is 160 cm³/mol. The summed E-state index contributed by atoms with van der Waals surface area (Å²) < 4.78 is 11.7. The van der Waals surface area contributed by atoms with Crippen LogP contribution in [0.25, 0.3) is 6.08 Å². The fourth-order valence-corrected chi connectivity index (χ4v) is 5.72. The highest BCUT2D eigenvalue weighted by atomic mass is 32.2. The highest BCUT2D eigenvalue weighted by Crippen LogP contribution is 2.33. The van der Waals surface area contributed by atoms with E-state index in [9.17, 15) is 24.8 Å². The maximum absolute atomic E-state index is 13.3. The van der Waals surface area contributed by atoms with Gasteiger partial charge in [0.1, 0.15) is 27.5 Å². The first kappa shape index (κ1) is 29.6. The second-order valence-electron chi connectivity index (χ2n) is 9.18. The summed E-state index contributed by atoms with van der Waals surface area (Å²) >= 11 is 6.60. The summed E-state index contributed by atoms with van der Waals surface area (Å²) in [5.74, 6) is 0.140. The fraction of sp³-hybridized carbons (Fsp3) is 0.233. The van der Waals surface area contributed by atoms with Crippen molar-refractivity contribution in [3.63, 3.8) is 0 Å². The molecule has 0 bridgehead atoms. The van der Waals surface area contributed by atoms with E-state index in [1.807, 2.05) is 18.2 Å². The van der Waals surface area contributed by atoms with Crippen molar-refractivity contribution in [1.82, 2.24) is 9.47 Å². The Morgan fingerprint density at radius 1 is 1.07 bits per heavy atom. The van der Waals surface area contributed by atoms with Crippen molar-refractivity contribution in [2.45, 2.75) is 26.3 Å². The molecule has 2 heterocycles. The number of carbonyl (C=O) groups excluding carboxylic acids is 2. The number of amides is 1. The number of aromatic nitrogens is 1. The van der Waals surface area contributed by atoms with Crippen molar-refractivity contribution in [3.8, 4) is 23.4 Å². The summed E-state index contributed by atoms with van der Waals surface area (Å²) in [5.41, 5.74) is 0.645. The molecule has 1 aromatic heterocycles. The molecule has 1 N–H and O–H groups in total. The SMILES string of the molecule is COc1ccc(/C=C2\SC(=S)N(CCCC(=O)c3c(C)c(C#N)c(=O)n(Cc4ccc(OC)cc4)c3O)C2=O)cc1. The first-order valence-electron chi connectivity index (χ1n) is 12.6. The number of pyridine rings is 1. The van der Waals surface area contributed by atoms with Crippen molar-refractivity contribution in [3.05, 3.63) is 91.6 Å². The van der Waals surface area contributed by atoms with E-state index in [-0.39, 0.29) is 48.5 Å². The molecule has 0 aliphatic carbocycles. The van der Waals surface area contributed by atoms with Gasteiger partial charge in [0.2, 0.25) is 5.88 Å². The Morgan fingerprint density at radius 3 is 2.27 bits per heavy atom. The van der Waals surface area contributed by atoms with Crippen LogP contribution in [0, 0.1) is 18.3 Å². The Morgan fingerprint density at radius 2 is 1.68 bits per heavy atom. The Labute approximate surface area is 246 Å². The number of thioether (sulfide) groups is 1. The molecule has 0 unspecified atom stereocenters. The first-order chi connectivity index (χ1) is 19.7. The van der Waals surface area contributed by atoms with Crippen molar-refractivity contribution in [2.75, 3.05) is 20.8 Å². The number of nitrogens with zero attached hydrogens (tertiary/aromatic N) is 3. The maximum atomic E-state index is 13.3. The van der Waals surface area contributed by atoms with E-state index in [0.717, 1.165) is 10.1 Å². The second kappa shape index (κ2) is 12.8. The van der Waals surface area contributed by atoms with Crippen LogP contribution in [-0.2, 0) is 11.3 Å². The highest BCUT2D eigenvalue weighted by molar-refractivity contribution is 8.26. The van der Waals surface area contributed by atoms with Crippen LogP contribution in [0.2, 0.25) is 0 Å². The lowest BCUT2D eigenvalue weighted by atomic mass is 9.99. The summed E-state index contributed by atoms with van der Waals surface area (Å²) in [5, 5.41) is 20.7. The van der Waals surface area contributed by atoms with Gasteiger partial charge in [-0.2, -0.15) is 5.26 Å². The van der Waals surface area contributed by atoms with Crippen LogP contribution in [0.3, 0.4) is 0 Å². The molecule has 1 aliphatic rings. The molecule has 2 aromatic carbocycles. The van der Waals surface area contributed by atoms with Crippen LogP contribution in [0.1, 0.15) is 45.5 Å². The molecule has 0 saturated carbocycles. The number of ether oxygens (including phenoxy) is 2. The third-order valence-electron chi connectivity index (χ3n) is 6.65. The largest absolute Gasteiger partial charge is 0.497 e. The fourth-order valence-electron chi connectivity index (χ4n) is 4.41. The molecule has 1 fully saturated rings. The molecule has 0 spiro atoms. The number of Topliss-reactive ketones (excluding diaryl/α,β-unsaturated/α-hetero) is 1. The zero-order valence-electron chi connectivity index (χ0n) is 22.7. The number of hydrogen-bond donors (Lipinski definition) is 1. The number of ketones is 1. The highest BCUT2D eigenvalue weighted by Gasteiger charge is 2.32. The van der Waals surface area contributed by atoms with Crippen LogP contribution in [0.5, 0.6) is 17.4 Å². The number of rotatable bonds is 10. The number of aromatic hydroxyl groups is 1. The molecule has 0 atom stereocenters. The maximum Gasteiger partial charge on any atom is 0.271 e. The van der Waals surface area contributed by atoms with E-state index in [0.29, 0.717) is 26.3 Å². The number of methoxy groups -OCH3 is 2.